The SMILES string of the molecule is C=CC(C)(C)C(CCCCCCCC)N(C)C. The van der Waals surface area contributed by atoms with Crippen molar-refractivity contribution in [2.75, 3.05) is 14.1 Å². The number of nitrogens with zero attached hydrogens (tertiary/aromatic N) is 1. The Hall–Kier alpha value is -0.300. The van der Waals surface area contributed by atoms with E-state index in [-0.39, 0.29) is 5.41 Å². The van der Waals surface area contributed by atoms with E-state index in [9.17, 15) is 0 Å². The van der Waals surface area contributed by atoms with Crippen LogP contribution in [0.1, 0.15) is 65.7 Å². The summed E-state index contributed by atoms with van der Waals surface area (Å²) in [7, 11) is 4.37. The summed E-state index contributed by atoms with van der Waals surface area (Å²) in [6, 6.07) is 0.617. The van der Waals surface area contributed by atoms with Crippen molar-refractivity contribution in [3.05, 3.63) is 12.7 Å². The second kappa shape index (κ2) is 8.74. The van der Waals surface area contributed by atoms with Crippen LogP contribution < -0.4 is 0 Å². The highest BCUT2D eigenvalue weighted by molar-refractivity contribution is 4.96. The molecule has 0 aliphatic heterocycles. The fourth-order valence-electron chi connectivity index (χ4n) is 2.55. The summed E-state index contributed by atoms with van der Waals surface area (Å²) in [6.45, 7) is 10.8. The molecule has 0 amide bonds. The Bertz CT molecular complexity index is 194. The van der Waals surface area contributed by atoms with Gasteiger partial charge in [0.1, 0.15) is 0 Å². The van der Waals surface area contributed by atoms with E-state index in [1.807, 2.05) is 0 Å². The molecule has 1 heteroatoms. The predicted molar refractivity (Wildman–Crippen MR) is 79.4 cm³/mol. The average molecular weight is 239 g/mol. The third-order valence-corrected chi connectivity index (χ3v) is 3.84. The highest BCUT2D eigenvalue weighted by Crippen LogP contribution is 2.29. The molecule has 0 radical (unpaired) electrons. The van der Waals surface area contributed by atoms with Crippen molar-refractivity contribution in [3.63, 3.8) is 0 Å². The lowest BCUT2D eigenvalue weighted by Gasteiger charge is -2.36. The first-order valence-electron chi connectivity index (χ1n) is 7.25. The third-order valence-electron chi connectivity index (χ3n) is 3.84. The highest BCUT2D eigenvalue weighted by atomic mass is 15.1. The minimum Gasteiger partial charge on any atom is -0.306 e. The molecule has 0 aliphatic rings. The van der Waals surface area contributed by atoms with Crippen LogP contribution >= 0.6 is 0 Å². The van der Waals surface area contributed by atoms with Gasteiger partial charge < -0.3 is 4.90 Å². The Kier molecular flexibility index (Phi) is 8.59. The van der Waals surface area contributed by atoms with Crippen LogP contribution in [0.15, 0.2) is 12.7 Å². The molecule has 1 unspecified atom stereocenters. The van der Waals surface area contributed by atoms with Crippen molar-refractivity contribution in [1.82, 2.24) is 4.90 Å². The molecule has 0 fully saturated rings. The van der Waals surface area contributed by atoms with Gasteiger partial charge in [0.15, 0.2) is 0 Å². The summed E-state index contributed by atoms with van der Waals surface area (Å²) in [5, 5.41) is 0. The Morgan fingerprint density at radius 2 is 1.59 bits per heavy atom. The highest BCUT2D eigenvalue weighted by Gasteiger charge is 2.27. The van der Waals surface area contributed by atoms with E-state index in [1.165, 1.54) is 44.9 Å². The second-order valence-corrected chi connectivity index (χ2v) is 6.06. The number of hydrogen-bond donors (Lipinski definition) is 0. The zero-order chi connectivity index (χ0) is 13.3. The zero-order valence-electron chi connectivity index (χ0n) is 12.8. The first-order valence-corrected chi connectivity index (χ1v) is 7.25. The van der Waals surface area contributed by atoms with Gasteiger partial charge in [0.05, 0.1) is 0 Å². The molecule has 0 N–H and O–H groups in total. The number of unbranched alkanes of at least 4 members (excludes halogenated alkanes) is 5. The van der Waals surface area contributed by atoms with Gasteiger partial charge in [-0.2, -0.15) is 0 Å². The normalized spacial score (nSPS) is 14.0. The van der Waals surface area contributed by atoms with Gasteiger partial charge in [-0.15, -0.1) is 6.58 Å². The molecule has 0 heterocycles. The molecule has 0 saturated heterocycles. The molecule has 17 heavy (non-hydrogen) atoms. The van der Waals surface area contributed by atoms with Gasteiger partial charge in [-0.3, -0.25) is 0 Å². The first kappa shape index (κ1) is 16.7. The smallest absolute Gasteiger partial charge is 0.0175 e. The van der Waals surface area contributed by atoms with Gasteiger partial charge in [-0.05, 0) is 25.9 Å². The molecule has 1 nitrogen and oxygen atoms in total. The summed E-state index contributed by atoms with van der Waals surface area (Å²) >= 11 is 0. The Balaban J connectivity index is 3.91. The molecule has 0 aromatic heterocycles. The fourth-order valence-corrected chi connectivity index (χ4v) is 2.55. The molecule has 1 atom stereocenters. The lowest BCUT2D eigenvalue weighted by atomic mass is 9.81. The molecule has 0 aliphatic carbocycles. The fraction of sp³-hybridized carbons (Fsp3) is 0.875. The van der Waals surface area contributed by atoms with E-state index in [4.69, 9.17) is 0 Å². The predicted octanol–water partition coefficient (Wildman–Crippen LogP) is 4.88. The summed E-state index contributed by atoms with van der Waals surface area (Å²) in [6.07, 6.45) is 11.7. The summed E-state index contributed by atoms with van der Waals surface area (Å²) < 4.78 is 0. The van der Waals surface area contributed by atoms with E-state index in [1.54, 1.807) is 0 Å². The van der Waals surface area contributed by atoms with Crippen molar-refractivity contribution in [2.24, 2.45) is 5.41 Å². The maximum atomic E-state index is 3.98. The lowest BCUT2D eigenvalue weighted by Crippen LogP contribution is -2.39. The topological polar surface area (TPSA) is 3.24 Å². The average Bonchev–Trinajstić information content (AvgIpc) is 2.27. The van der Waals surface area contributed by atoms with Crippen LogP contribution in [-0.2, 0) is 0 Å². The lowest BCUT2D eigenvalue weighted by molar-refractivity contribution is 0.162. The van der Waals surface area contributed by atoms with Gasteiger partial charge in [0, 0.05) is 6.04 Å². The van der Waals surface area contributed by atoms with E-state index < -0.39 is 0 Å². The molecule has 0 rings (SSSR count). The molecule has 0 aromatic carbocycles. The number of hydrogen-bond acceptors (Lipinski definition) is 1. The quantitative estimate of drug-likeness (QED) is 0.388. The standard InChI is InChI=1S/C16H33N/c1-7-9-10-11-12-13-14-15(17(5)6)16(3,4)8-2/h8,15H,2,7,9-14H2,1,3-6H3. The first-order chi connectivity index (χ1) is 7.95. The van der Waals surface area contributed by atoms with E-state index in [0.717, 1.165) is 0 Å². The van der Waals surface area contributed by atoms with Crippen molar-refractivity contribution < 1.29 is 0 Å². The van der Waals surface area contributed by atoms with Crippen LogP contribution in [0.3, 0.4) is 0 Å². The molecular weight excluding hydrogens is 206 g/mol. The minimum atomic E-state index is 0.215. The van der Waals surface area contributed by atoms with Gasteiger partial charge in [0.25, 0.3) is 0 Å². The molecule has 0 saturated carbocycles. The van der Waals surface area contributed by atoms with Gasteiger partial charge in [0.2, 0.25) is 0 Å². The molecular formula is C16H33N. The largest absolute Gasteiger partial charge is 0.306 e. The van der Waals surface area contributed by atoms with Crippen LogP contribution in [0.5, 0.6) is 0 Å². The van der Waals surface area contributed by atoms with E-state index in [0.29, 0.717) is 6.04 Å². The Morgan fingerprint density at radius 3 is 2.06 bits per heavy atom. The van der Waals surface area contributed by atoms with Crippen LogP contribution in [0.2, 0.25) is 0 Å². The summed E-state index contributed by atoms with van der Waals surface area (Å²) in [4.78, 5) is 2.35. The molecule has 0 aromatic rings. The van der Waals surface area contributed by atoms with Crippen LogP contribution in [0.25, 0.3) is 0 Å². The van der Waals surface area contributed by atoms with Crippen molar-refractivity contribution in [1.29, 1.82) is 0 Å². The Morgan fingerprint density at radius 1 is 1.06 bits per heavy atom. The second-order valence-electron chi connectivity index (χ2n) is 6.06. The molecule has 0 spiro atoms. The Labute approximate surface area is 109 Å². The maximum Gasteiger partial charge on any atom is 0.0175 e. The van der Waals surface area contributed by atoms with E-state index >= 15 is 0 Å². The van der Waals surface area contributed by atoms with Crippen molar-refractivity contribution >= 4 is 0 Å². The van der Waals surface area contributed by atoms with Crippen LogP contribution in [0.4, 0.5) is 0 Å². The molecule has 0 bridgehead atoms. The van der Waals surface area contributed by atoms with Crippen LogP contribution in [-0.4, -0.2) is 25.0 Å². The maximum absolute atomic E-state index is 3.98. The third kappa shape index (κ3) is 6.88. The molecule has 102 valence electrons. The summed E-state index contributed by atoms with van der Waals surface area (Å²) in [5.74, 6) is 0. The summed E-state index contributed by atoms with van der Waals surface area (Å²) in [5.41, 5.74) is 0.215. The van der Waals surface area contributed by atoms with Crippen LogP contribution in [0, 0.1) is 5.41 Å². The van der Waals surface area contributed by atoms with Crippen molar-refractivity contribution in [2.45, 2.75) is 71.8 Å². The van der Waals surface area contributed by atoms with Gasteiger partial charge in [-0.25, -0.2) is 0 Å². The minimum absolute atomic E-state index is 0.215. The number of rotatable bonds is 10. The zero-order valence-corrected chi connectivity index (χ0v) is 12.8. The van der Waals surface area contributed by atoms with Crippen molar-refractivity contribution in [3.8, 4) is 0 Å². The van der Waals surface area contributed by atoms with Gasteiger partial charge >= 0.3 is 0 Å². The monoisotopic (exact) mass is 239 g/mol. The van der Waals surface area contributed by atoms with E-state index in [2.05, 4.69) is 52.4 Å². The van der Waals surface area contributed by atoms with Gasteiger partial charge in [-0.1, -0.05) is 65.4 Å².